The molecule has 4 nitrogen and oxygen atoms in total. The van der Waals surface area contributed by atoms with Crippen LogP contribution in [0.25, 0.3) is 0 Å². The van der Waals surface area contributed by atoms with Crippen LogP contribution in [0.1, 0.15) is 19.3 Å². The predicted octanol–water partition coefficient (Wildman–Crippen LogP) is 2.32. The number of anilines is 1. The summed E-state index contributed by atoms with van der Waals surface area (Å²) in [6.45, 7) is 0.853. The van der Waals surface area contributed by atoms with Gasteiger partial charge in [-0.25, -0.2) is 4.39 Å². The molecule has 2 saturated heterocycles. The van der Waals surface area contributed by atoms with Crippen molar-refractivity contribution < 1.29 is 14.0 Å². The van der Waals surface area contributed by atoms with E-state index in [4.69, 9.17) is 0 Å². The predicted molar refractivity (Wildman–Crippen MR) is 75.8 cm³/mol. The van der Waals surface area contributed by atoms with Crippen LogP contribution in [0, 0.1) is 5.82 Å². The third-order valence-corrected chi connectivity index (χ3v) is 4.52. The molecule has 0 radical (unpaired) electrons. The summed E-state index contributed by atoms with van der Waals surface area (Å²) < 4.78 is 14.6. The fraction of sp³-hybridized carbons (Fsp3) is 0.429. The summed E-state index contributed by atoms with van der Waals surface area (Å²) >= 11 is 3.29. The Bertz CT molecular complexity index is 558. The van der Waals surface area contributed by atoms with E-state index < -0.39 is 11.9 Å². The molecule has 2 amide bonds. The first-order valence-electron chi connectivity index (χ1n) is 6.64. The topological polar surface area (TPSA) is 40.6 Å². The minimum Gasteiger partial charge on any atom is -0.331 e. The third-order valence-electron chi connectivity index (χ3n) is 3.88. The van der Waals surface area contributed by atoms with Gasteiger partial charge in [0.15, 0.2) is 0 Å². The number of hydrogen-bond donors (Lipinski definition) is 0. The monoisotopic (exact) mass is 340 g/mol. The quantitative estimate of drug-likeness (QED) is 0.787. The number of halogens is 2. The van der Waals surface area contributed by atoms with Gasteiger partial charge in [-0.1, -0.05) is 6.07 Å². The van der Waals surface area contributed by atoms with Crippen LogP contribution >= 0.6 is 15.9 Å². The molecule has 0 aromatic heterocycles. The lowest BCUT2D eigenvalue weighted by molar-refractivity contribution is -0.135. The van der Waals surface area contributed by atoms with Gasteiger partial charge in [-0.15, -0.1) is 0 Å². The van der Waals surface area contributed by atoms with Crippen LogP contribution in [0.4, 0.5) is 10.1 Å². The van der Waals surface area contributed by atoms with Gasteiger partial charge in [0.2, 0.25) is 11.8 Å². The maximum atomic E-state index is 14.1. The maximum absolute atomic E-state index is 14.1. The van der Waals surface area contributed by atoms with Crippen LogP contribution in [-0.2, 0) is 9.59 Å². The minimum absolute atomic E-state index is 0.0178. The number of fused-ring (bicyclic) bond motifs is 1. The first-order valence-corrected chi connectivity index (χ1v) is 7.44. The van der Waals surface area contributed by atoms with E-state index in [9.17, 15) is 14.0 Å². The van der Waals surface area contributed by atoms with Crippen molar-refractivity contribution in [1.82, 2.24) is 4.90 Å². The van der Waals surface area contributed by atoms with Gasteiger partial charge in [0.25, 0.3) is 0 Å². The lowest BCUT2D eigenvalue weighted by Crippen LogP contribution is -2.44. The lowest BCUT2D eigenvalue weighted by Gasteiger charge is -2.26. The molecule has 0 spiro atoms. The number of carbonyl (C=O) groups is 2. The average molecular weight is 341 g/mol. The van der Waals surface area contributed by atoms with Gasteiger partial charge >= 0.3 is 0 Å². The summed E-state index contributed by atoms with van der Waals surface area (Å²) in [4.78, 5) is 27.7. The van der Waals surface area contributed by atoms with Crippen LogP contribution in [-0.4, -0.2) is 35.8 Å². The fourth-order valence-electron chi connectivity index (χ4n) is 2.93. The van der Waals surface area contributed by atoms with E-state index >= 15 is 0 Å². The molecule has 2 fully saturated rings. The van der Waals surface area contributed by atoms with Crippen LogP contribution in [0.5, 0.6) is 0 Å². The van der Waals surface area contributed by atoms with Gasteiger partial charge in [0.1, 0.15) is 11.9 Å². The van der Waals surface area contributed by atoms with Crippen LogP contribution in [0.3, 0.4) is 0 Å². The number of hydrogen-bond acceptors (Lipinski definition) is 2. The van der Waals surface area contributed by atoms with Gasteiger partial charge in [-0.05, 0) is 40.9 Å². The zero-order chi connectivity index (χ0) is 14.3. The van der Waals surface area contributed by atoms with E-state index in [2.05, 4.69) is 15.9 Å². The van der Waals surface area contributed by atoms with Crippen LogP contribution in [0.2, 0.25) is 0 Å². The summed E-state index contributed by atoms with van der Waals surface area (Å²) in [5, 5.41) is 0. The molecule has 1 unspecified atom stereocenters. The molecular formula is C14H14BrFN2O2. The summed E-state index contributed by atoms with van der Waals surface area (Å²) in [5.74, 6) is -0.651. The number of benzene rings is 1. The Labute approximate surface area is 124 Å². The van der Waals surface area contributed by atoms with E-state index in [1.165, 1.54) is 11.0 Å². The maximum Gasteiger partial charge on any atom is 0.249 e. The van der Waals surface area contributed by atoms with Gasteiger partial charge < -0.3 is 9.80 Å². The van der Waals surface area contributed by atoms with Crippen molar-refractivity contribution in [3.8, 4) is 0 Å². The summed E-state index contributed by atoms with van der Waals surface area (Å²) in [7, 11) is 0. The van der Waals surface area contributed by atoms with E-state index in [1.54, 1.807) is 17.0 Å². The van der Waals surface area contributed by atoms with Crippen molar-refractivity contribution >= 4 is 33.4 Å². The standard InChI is InChI=1S/C14H14BrFN2O2/c15-9-3-1-4-10(16)13(9)18-8-6-12(19)17-7-2-5-11(17)14(18)20/h1,3-4,11H,2,5-8H2. The highest BCUT2D eigenvalue weighted by atomic mass is 79.9. The van der Waals surface area contributed by atoms with Crippen molar-refractivity contribution in [3.63, 3.8) is 0 Å². The average Bonchev–Trinajstić information content (AvgIpc) is 2.86. The second-order valence-electron chi connectivity index (χ2n) is 5.06. The SMILES string of the molecule is O=C1C2CCCN2C(=O)CCN1c1c(F)cccc1Br. The van der Waals surface area contributed by atoms with E-state index in [0.717, 1.165) is 6.42 Å². The Morgan fingerprint density at radius 3 is 2.80 bits per heavy atom. The number of nitrogens with zero attached hydrogens (tertiary/aromatic N) is 2. The van der Waals surface area contributed by atoms with Crippen LogP contribution < -0.4 is 4.90 Å². The van der Waals surface area contributed by atoms with E-state index in [0.29, 0.717) is 17.4 Å². The zero-order valence-electron chi connectivity index (χ0n) is 10.8. The van der Waals surface area contributed by atoms with Crippen molar-refractivity contribution in [2.45, 2.75) is 25.3 Å². The summed E-state index contributed by atoms with van der Waals surface area (Å²) in [6, 6.07) is 4.17. The highest BCUT2D eigenvalue weighted by molar-refractivity contribution is 9.10. The molecule has 6 heteroatoms. The molecule has 0 saturated carbocycles. The van der Waals surface area contributed by atoms with Crippen LogP contribution in [0.15, 0.2) is 22.7 Å². The number of amides is 2. The van der Waals surface area contributed by atoms with Gasteiger partial charge in [-0.2, -0.15) is 0 Å². The van der Waals surface area contributed by atoms with Gasteiger partial charge in [-0.3, -0.25) is 9.59 Å². The molecule has 2 aliphatic rings. The smallest absolute Gasteiger partial charge is 0.249 e. The molecule has 0 aliphatic carbocycles. The van der Waals surface area contributed by atoms with Crippen molar-refractivity contribution in [2.75, 3.05) is 18.0 Å². The normalized spacial score (nSPS) is 23.0. The van der Waals surface area contributed by atoms with Crippen molar-refractivity contribution in [1.29, 1.82) is 0 Å². The molecule has 2 heterocycles. The molecule has 1 aromatic carbocycles. The summed E-state index contributed by atoms with van der Waals surface area (Å²) in [5.41, 5.74) is 0.235. The summed E-state index contributed by atoms with van der Waals surface area (Å²) in [6.07, 6.45) is 1.73. The molecule has 3 rings (SSSR count). The van der Waals surface area contributed by atoms with Crippen molar-refractivity contribution in [3.05, 3.63) is 28.5 Å². The first kappa shape index (κ1) is 13.5. The molecule has 2 aliphatic heterocycles. The zero-order valence-corrected chi connectivity index (χ0v) is 12.4. The molecule has 1 aromatic rings. The molecular weight excluding hydrogens is 327 g/mol. The Kier molecular flexibility index (Phi) is 3.50. The highest BCUT2D eigenvalue weighted by Gasteiger charge is 2.40. The molecule has 106 valence electrons. The second-order valence-corrected chi connectivity index (χ2v) is 5.91. The molecule has 0 bridgehead atoms. The Morgan fingerprint density at radius 2 is 2.05 bits per heavy atom. The fourth-order valence-corrected chi connectivity index (χ4v) is 3.49. The Hall–Kier alpha value is -1.43. The molecule has 20 heavy (non-hydrogen) atoms. The largest absolute Gasteiger partial charge is 0.331 e. The van der Waals surface area contributed by atoms with E-state index in [1.807, 2.05) is 0 Å². The Balaban J connectivity index is 2.01. The molecule has 1 atom stereocenters. The molecule has 0 N–H and O–H groups in total. The third kappa shape index (κ3) is 2.12. The second kappa shape index (κ2) is 5.16. The lowest BCUT2D eigenvalue weighted by atomic mass is 10.2. The van der Waals surface area contributed by atoms with Gasteiger partial charge in [0.05, 0.1) is 5.69 Å². The first-order chi connectivity index (χ1) is 9.59. The number of carbonyl (C=O) groups excluding carboxylic acids is 2. The van der Waals surface area contributed by atoms with Crippen molar-refractivity contribution in [2.24, 2.45) is 0 Å². The van der Waals surface area contributed by atoms with Gasteiger partial charge in [0, 0.05) is 24.0 Å². The number of rotatable bonds is 1. The highest BCUT2D eigenvalue weighted by Crippen LogP contribution is 2.33. The minimum atomic E-state index is -0.452. The Morgan fingerprint density at radius 1 is 1.25 bits per heavy atom. The number of para-hydroxylation sites is 1. The van der Waals surface area contributed by atoms with E-state index in [-0.39, 0.29) is 30.5 Å².